The van der Waals surface area contributed by atoms with Gasteiger partial charge < -0.3 is 14.8 Å². The van der Waals surface area contributed by atoms with E-state index in [0.29, 0.717) is 6.04 Å². The second-order valence-electron chi connectivity index (χ2n) is 6.29. The number of hydrogen-bond donors (Lipinski definition) is 1. The summed E-state index contributed by atoms with van der Waals surface area (Å²) in [5, 5.41) is 3.55. The maximum atomic E-state index is 6.11. The van der Waals surface area contributed by atoms with Crippen molar-refractivity contribution in [2.45, 2.75) is 58.3 Å². The molecule has 0 radical (unpaired) electrons. The summed E-state index contributed by atoms with van der Waals surface area (Å²) < 4.78 is 12.2. The third kappa shape index (κ3) is 2.20. The van der Waals surface area contributed by atoms with Gasteiger partial charge in [0.25, 0.3) is 0 Å². The average Bonchev–Trinajstić information content (AvgIpc) is 2.64. The summed E-state index contributed by atoms with van der Waals surface area (Å²) in [5.41, 5.74) is 2.40. The zero-order valence-corrected chi connectivity index (χ0v) is 12.2. The van der Waals surface area contributed by atoms with E-state index in [2.05, 4.69) is 45.1 Å². The highest BCUT2D eigenvalue weighted by molar-refractivity contribution is 5.56. The molecule has 0 aromatic heterocycles. The molecule has 2 unspecified atom stereocenters. The fourth-order valence-electron chi connectivity index (χ4n) is 3.18. The molecule has 104 valence electrons. The molecule has 2 heterocycles. The molecular formula is C16H23NO2. The predicted molar refractivity (Wildman–Crippen MR) is 76.0 cm³/mol. The molecule has 1 N–H and O–H groups in total. The van der Waals surface area contributed by atoms with Gasteiger partial charge in [-0.05, 0) is 27.3 Å². The Balaban J connectivity index is 2.04. The fourth-order valence-corrected chi connectivity index (χ4v) is 3.18. The second kappa shape index (κ2) is 4.41. The van der Waals surface area contributed by atoms with Gasteiger partial charge in [-0.15, -0.1) is 0 Å². The van der Waals surface area contributed by atoms with Crippen LogP contribution in [0.3, 0.4) is 0 Å². The molecular weight excluding hydrogens is 238 g/mol. The summed E-state index contributed by atoms with van der Waals surface area (Å²) in [5.74, 6) is 1.93. The van der Waals surface area contributed by atoms with E-state index in [1.165, 1.54) is 11.1 Å². The zero-order chi connectivity index (χ0) is 13.6. The summed E-state index contributed by atoms with van der Waals surface area (Å²) in [6.07, 6.45) is 2.21. The monoisotopic (exact) mass is 261 g/mol. The molecule has 2 atom stereocenters. The van der Waals surface area contributed by atoms with Crippen molar-refractivity contribution in [3.8, 4) is 11.5 Å². The molecule has 0 aliphatic carbocycles. The molecule has 3 nitrogen and oxygen atoms in total. The molecule has 1 aromatic rings. The molecule has 0 spiro atoms. The van der Waals surface area contributed by atoms with Gasteiger partial charge in [0.05, 0.1) is 6.10 Å². The van der Waals surface area contributed by atoms with Gasteiger partial charge in [0, 0.05) is 30.0 Å². The first kappa shape index (κ1) is 12.8. The van der Waals surface area contributed by atoms with Gasteiger partial charge in [-0.3, -0.25) is 0 Å². The van der Waals surface area contributed by atoms with Crippen molar-refractivity contribution in [3.63, 3.8) is 0 Å². The van der Waals surface area contributed by atoms with Crippen molar-refractivity contribution in [1.29, 1.82) is 0 Å². The van der Waals surface area contributed by atoms with E-state index >= 15 is 0 Å². The molecule has 2 aliphatic heterocycles. The van der Waals surface area contributed by atoms with Gasteiger partial charge >= 0.3 is 0 Å². The quantitative estimate of drug-likeness (QED) is 0.886. The largest absolute Gasteiger partial charge is 0.486 e. The van der Waals surface area contributed by atoms with Crippen LogP contribution in [0.15, 0.2) is 12.1 Å². The van der Waals surface area contributed by atoms with Crippen LogP contribution in [0.4, 0.5) is 0 Å². The Morgan fingerprint density at radius 2 is 2.11 bits per heavy atom. The molecule has 0 saturated carbocycles. The molecule has 19 heavy (non-hydrogen) atoms. The first-order valence-corrected chi connectivity index (χ1v) is 7.25. The minimum absolute atomic E-state index is 0.116. The smallest absolute Gasteiger partial charge is 0.166 e. The van der Waals surface area contributed by atoms with E-state index in [0.717, 1.165) is 30.9 Å². The first-order valence-electron chi connectivity index (χ1n) is 7.25. The highest BCUT2D eigenvalue weighted by atomic mass is 16.5. The third-order valence-electron chi connectivity index (χ3n) is 3.93. The van der Waals surface area contributed by atoms with Crippen LogP contribution in [-0.2, 0) is 6.42 Å². The van der Waals surface area contributed by atoms with Gasteiger partial charge in [-0.2, -0.15) is 0 Å². The highest BCUT2D eigenvalue weighted by Gasteiger charge is 2.37. The lowest BCUT2D eigenvalue weighted by Crippen LogP contribution is -2.31. The van der Waals surface area contributed by atoms with Gasteiger partial charge in [0.1, 0.15) is 5.60 Å². The molecule has 0 fully saturated rings. The number of ether oxygens (including phenoxy) is 2. The van der Waals surface area contributed by atoms with Crippen molar-refractivity contribution in [2.24, 2.45) is 0 Å². The lowest BCUT2D eigenvalue weighted by Gasteiger charge is -2.32. The van der Waals surface area contributed by atoms with Crippen LogP contribution in [0.2, 0.25) is 0 Å². The van der Waals surface area contributed by atoms with E-state index in [1.807, 2.05) is 0 Å². The normalized spacial score (nSPS) is 27.2. The van der Waals surface area contributed by atoms with Crippen LogP contribution >= 0.6 is 0 Å². The van der Waals surface area contributed by atoms with Crippen molar-refractivity contribution in [3.05, 3.63) is 23.3 Å². The van der Waals surface area contributed by atoms with E-state index in [-0.39, 0.29) is 11.7 Å². The Kier molecular flexibility index (Phi) is 2.97. The van der Waals surface area contributed by atoms with Gasteiger partial charge in [0.2, 0.25) is 0 Å². The molecule has 0 saturated heterocycles. The first-order chi connectivity index (χ1) is 9.00. The minimum atomic E-state index is -0.116. The van der Waals surface area contributed by atoms with Crippen LogP contribution in [0, 0.1) is 0 Å². The lowest BCUT2D eigenvalue weighted by atomic mass is 9.94. The summed E-state index contributed by atoms with van der Waals surface area (Å²) in [6, 6.07) is 4.78. The maximum absolute atomic E-state index is 6.11. The van der Waals surface area contributed by atoms with Crippen LogP contribution < -0.4 is 14.8 Å². The van der Waals surface area contributed by atoms with E-state index in [1.54, 1.807) is 0 Å². The molecule has 0 amide bonds. The Bertz CT molecular complexity index is 496. The zero-order valence-electron chi connectivity index (χ0n) is 12.2. The van der Waals surface area contributed by atoms with E-state index in [9.17, 15) is 0 Å². The Morgan fingerprint density at radius 3 is 2.84 bits per heavy atom. The number of benzene rings is 1. The minimum Gasteiger partial charge on any atom is -0.486 e. The third-order valence-corrected chi connectivity index (χ3v) is 3.93. The van der Waals surface area contributed by atoms with Crippen molar-refractivity contribution >= 4 is 0 Å². The summed E-state index contributed by atoms with van der Waals surface area (Å²) in [7, 11) is 0. The van der Waals surface area contributed by atoms with E-state index in [4.69, 9.17) is 9.47 Å². The molecule has 2 aliphatic rings. The standard InChI is InChI=1S/C16H23NO2/c1-5-17-13-8-10(2)18-15-12(13)7-6-11-9-16(3,4)19-14(11)15/h6-7,10,13,17H,5,8-9H2,1-4H3. The molecule has 1 aromatic carbocycles. The van der Waals surface area contributed by atoms with Gasteiger partial charge in [-0.1, -0.05) is 19.1 Å². The summed E-state index contributed by atoms with van der Waals surface area (Å²) in [4.78, 5) is 0. The molecule has 3 rings (SSSR count). The fraction of sp³-hybridized carbons (Fsp3) is 0.625. The average molecular weight is 261 g/mol. The van der Waals surface area contributed by atoms with Gasteiger partial charge in [0.15, 0.2) is 11.5 Å². The maximum Gasteiger partial charge on any atom is 0.166 e. The second-order valence-corrected chi connectivity index (χ2v) is 6.29. The van der Waals surface area contributed by atoms with Gasteiger partial charge in [-0.25, -0.2) is 0 Å². The topological polar surface area (TPSA) is 30.5 Å². The Morgan fingerprint density at radius 1 is 1.32 bits per heavy atom. The van der Waals surface area contributed by atoms with E-state index < -0.39 is 0 Å². The van der Waals surface area contributed by atoms with Crippen LogP contribution in [0.25, 0.3) is 0 Å². The Labute approximate surface area is 115 Å². The molecule has 0 bridgehead atoms. The van der Waals surface area contributed by atoms with Crippen LogP contribution in [0.5, 0.6) is 11.5 Å². The molecule has 3 heteroatoms. The number of hydrogen-bond acceptors (Lipinski definition) is 3. The van der Waals surface area contributed by atoms with Crippen molar-refractivity contribution in [2.75, 3.05) is 6.54 Å². The summed E-state index contributed by atoms with van der Waals surface area (Å²) >= 11 is 0. The Hall–Kier alpha value is -1.22. The number of rotatable bonds is 2. The number of fused-ring (bicyclic) bond motifs is 3. The number of nitrogens with one attached hydrogen (secondary N) is 1. The van der Waals surface area contributed by atoms with Crippen molar-refractivity contribution < 1.29 is 9.47 Å². The van der Waals surface area contributed by atoms with Crippen molar-refractivity contribution in [1.82, 2.24) is 5.32 Å². The summed E-state index contributed by atoms with van der Waals surface area (Å²) in [6.45, 7) is 9.51. The highest BCUT2D eigenvalue weighted by Crippen LogP contribution is 2.48. The lowest BCUT2D eigenvalue weighted by molar-refractivity contribution is 0.117. The van der Waals surface area contributed by atoms with Crippen LogP contribution in [0.1, 0.15) is 51.3 Å². The SMILES string of the molecule is CCNC1CC(C)Oc2c1ccc1c2OC(C)(C)C1. The van der Waals surface area contributed by atoms with Crippen LogP contribution in [-0.4, -0.2) is 18.2 Å². The predicted octanol–water partition coefficient (Wildman–Crippen LogP) is 3.22.